The number of halogens is 1. The molecule has 1 aromatic heterocycles. The number of fused-ring (bicyclic) bond motifs is 1. The van der Waals surface area contributed by atoms with Gasteiger partial charge in [0.05, 0.1) is 4.88 Å². The number of thiophene rings is 1. The molecule has 3 aromatic rings. The van der Waals surface area contributed by atoms with E-state index in [2.05, 4.69) is 5.32 Å². The molecule has 3 rings (SSSR count). The summed E-state index contributed by atoms with van der Waals surface area (Å²) in [6, 6.07) is 12.0. The lowest BCUT2D eigenvalue weighted by Crippen LogP contribution is -2.26. The first kappa shape index (κ1) is 18.1. The summed E-state index contributed by atoms with van der Waals surface area (Å²) in [5.41, 5.74) is 2.16. The van der Waals surface area contributed by atoms with Crippen LogP contribution < -0.4 is 5.32 Å². The Morgan fingerprint density at radius 3 is 2.46 bits per heavy atom. The predicted octanol–water partition coefficient (Wildman–Crippen LogP) is 3.98. The highest BCUT2D eigenvalue weighted by Crippen LogP contribution is 2.33. The van der Waals surface area contributed by atoms with E-state index in [9.17, 15) is 14.0 Å². The van der Waals surface area contributed by atoms with Crippen molar-refractivity contribution in [2.45, 2.75) is 13.5 Å². The topological polar surface area (TPSA) is 49.4 Å². The molecule has 134 valence electrons. The summed E-state index contributed by atoms with van der Waals surface area (Å²) in [6.07, 6.45) is 0. The molecule has 0 radical (unpaired) electrons. The average Bonchev–Trinajstić information content (AvgIpc) is 2.99. The van der Waals surface area contributed by atoms with Gasteiger partial charge in [-0.1, -0.05) is 18.2 Å². The normalized spacial score (nSPS) is 10.8. The molecule has 0 saturated heterocycles. The molecule has 0 saturated carbocycles. The second kappa shape index (κ2) is 7.25. The van der Waals surface area contributed by atoms with Crippen LogP contribution in [0.15, 0.2) is 42.5 Å². The van der Waals surface area contributed by atoms with E-state index in [0.29, 0.717) is 27.9 Å². The highest BCUT2D eigenvalue weighted by Gasteiger charge is 2.20. The molecule has 26 heavy (non-hydrogen) atoms. The molecule has 0 aliphatic carbocycles. The fourth-order valence-electron chi connectivity index (χ4n) is 2.88. The SMILES string of the molecule is CNC(=O)c1ccc(CN(C)C(=O)c2sc3cccc(F)c3c2C)cc1. The van der Waals surface area contributed by atoms with Crippen LogP contribution >= 0.6 is 11.3 Å². The number of nitrogens with zero attached hydrogens (tertiary/aromatic N) is 1. The van der Waals surface area contributed by atoms with Gasteiger partial charge in [-0.15, -0.1) is 11.3 Å². The zero-order valence-corrected chi connectivity index (χ0v) is 15.6. The Bertz CT molecular complexity index is 979. The van der Waals surface area contributed by atoms with E-state index in [1.807, 2.05) is 18.2 Å². The quantitative estimate of drug-likeness (QED) is 0.755. The molecular weight excluding hydrogens is 351 g/mol. The minimum Gasteiger partial charge on any atom is -0.355 e. The van der Waals surface area contributed by atoms with Crippen LogP contribution in [0.5, 0.6) is 0 Å². The van der Waals surface area contributed by atoms with Gasteiger partial charge < -0.3 is 10.2 Å². The van der Waals surface area contributed by atoms with Crippen LogP contribution in [0.2, 0.25) is 0 Å². The fraction of sp³-hybridized carbons (Fsp3) is 0.200. The number of hydrogen-bond donors (Lipinski definition) is 1. The predicted molar refractivity (Wildman–Crippen MR) is 102 cm³/mol. The molecule has 0 bridgehead atoms. The van der Waals surface area contributed by atoms with Gasteiger partial charge in [0.15, 0.2) is 0 Å². The molecule has 2 amide bonds. The van der Waals surface area contributed by atoms with Gasteiger partial charge in [0.1, 0.15) is 5.82 Å². The average molecular weight is 370 g/mol. The number of aryl methyl sites for hydroxylation is 1. The van der Waals surface area contributed by atoms with Crippen molar-refractivity contribution in [1.82, 2.24) is 10.2 Å². The van der Waals surface area contributed by atoms with Crippen LogP contribution in [-0.4, -0.2) is 30.8 Å². The summed E-state index contributed by atoms with van der Waals surface area (Å²) >= 11 is 1.31. The van der Waals surface area contributed by atoms with Gasteiger partial charge in [0.2, 0.25) is 0 Å². The summed E-state index contributed by atoms with van der Waals surface area (Å²) in [7, 11) is 3.30. The fourth-order valence-corrected chi connectivity index (χ4v) is 4.10. The highest BCUT2D eigenvalue weighted by atomic mass is 32.1. The number of amides is 2. The first-order valence-electron chi connectivity index (χ1n) is 8.16. The number of hydrogen-bond acceptors (Lipinski definition) is 3. The van der Waals surface area contributed by atoms with E-state index >= 15 is 0 Å². The van der Waals surface area contributed by atoms with E-state index in [0.717, 1.165) is 10.3 Å². The molecule has 6 heteroatoms. The summed E-state index contributed by atoms with van der Waals surface area (Å²) in [6.45, 7) is 2.18. The molecule has 0 unspecified atom stereocenters. The molecular formula is C20H19FN2O2S. The molecule has 0 aliphatic rings. The lowest BCUT2D eigenvalue weighted by atomic mass is 10.1. The zero-order valence-electron chi connectivity index (χ0n) is 14.8. The van der Waals surface area contributed by atoms with Crippen molar-refractivity contribution >= 4 is 33.2 Å². The largest absolute Gasteiger partial charge is 0.355 e. The zero-order chi connectivity index (χ0) is 18.8. The Morgan fingerprint density at radius 1 is 1.15 bits per heavy atom. The number of rotatable bonds is 4. The lowest BCUT2D eigenvalue weighted by molar-refractivity contribution is 0.0789. The monoisotopic (exact) mass is 370 g/mol. The van der Waals surface area contributed by atoms with E-state index in [4.69, 9.17) is 0 Å². The second-order valence-corrected chi connectivity index (χ2v) is 7.16. The summed E-state index contributed by atoms with van der Waals surface area (Å²) < 4.78 is 14.8. The molecule has 0 aliphatic heterocycles. The van der Waals surface area contributed by atoms with Crippen LogP contribution in [0.4, 0.5) is 4.39 Å². The van der Waals surface area contributed by atoms with Gasteiger partial charge in [0, 0.05) is 36.3 Å². The van der Waals surface area contributed by atoms with Crippen molar-refractivity contribution in [3.63, 3.8) is 0 Å². The van der Waals surface area contributed by atoms with Crippen LogP contribution in [0.25, 0.3) is 10.1 Å². The molecule has 4 nitrogen and oxygen atoms in total. The van der Waals surface area contributed by atoms with Gasteiger partial charge in [-0.05, 0) is 42.3 Å². The summed E-state index contributed by atoms with van der Waals surface area (Å²) in [4.78, 5) is 26.6. The molecule has 0 atom stereocenters. The van der Waals surface area contributed by atoms with Crippen molar-refractivity contribution in [1.29, 1.82) is 0 Å². The number of carbonyl (C=O) groups excluding carboxylic acids is 2. The van der Waals surface area contributed by atoms with Crippen molar-refractivity contribution in [3.05, 3.63) is 69.8 Å². The van der Waals surface area contributed by atoms with Crippen LogP contribution in [0, 0.1) is 12.7 Å². The van der Waals surface area contributed by atoms with Crippen molar-refractivity contribution in [3.8, 4) is 0 Å². The third kappa shape index (κ3) is 3.32. The van der Waals surface area contributed by atoms with E-state index < -0.39 is 0 Å². The van der Waals surface area contributed by atoms with Crippen molar-refractivity contribution in [2.24, 2.45) is 0 Å². The van der Waals surface area contributed by atoms with Crippen LogP contribution in [-0.2, 0) is 6.54 Å². The third-order valence-corrected chi connectivity index (χ3v) is 5.55. The third-order valence-electron chi connectivity index (χ3n) is 4.31. The van der Waals surface area contributed by atoms with Gasteiger partial charge in [-0.3, -0.25) is 9.59 Å². The molecule has 0 spiro atoms. The Kier molecular flexibility index (Phi) is 5.04. The Labute approximate surface area is 155 Å². The minimum absolute atomic E-state index is 0.140. The molecule has 2 aromatic carbocycles. The maximum absolute atomic E-state index is 14.1. The highest BCUT2D eigenvalue weighted by molar-refractivity contribution is 7.21. The van der Waals surface area contributed by atoms with Crippen molar-refractivity contribution in [2.75, 3.05) is 14.1 Å². The number of benzene rings is 2. The van der Waals surface area contributed by atoms with Gasteiger partial charge in [-0.25, -0.2) is 4.39 Å². The van der Waals surface area contributed by atoms with E-state index in [1.165, 1.54) is 17.4 Å². The summed E-state index contributed by atoms with van der Waals surface area (Å²) in [5.74, 6) is -0.592. The van der Waals surface area contributed by atoms with Crippen molar-refractivity contribution < 1.29 is 14.0 Å². The Balaban J connectivity index is 1.81. The van der Waals surface area contributed by atoms with E-state index in [1.54, 1.807) is 44.1 Å². The van der Waals surface area contributed by atoms with Crippen LogP contribution in [0.1, 0.15) is 31.2 Å². The standard InChI is InChI=1S/C20H19FN2O2S/c1-12-17-15(21)5-4-6-16(17)26-18(12)20(25)23(3)11-13-7-9-14(10-8-13)19(24)22-2/h4-10H,11H2,1-3H3,(H,22,24). The molecule has 0 fully saturated rings. The van der Waals surface area contributed by atoms with Gasteiger partial charge in [0.25, 0.3) is 11.8 Å². The first-order valence-corrected chi connectivity index (χ1v) is 8.98. The Morgan fingerprint density at radius 2 is 1.85 bits per heavy atom. The smallest absolute Gasteiger partial charge is 0.264 e. The number of carbonyl (C=O) groups is 2. The second-order valence-electron chi connectivity index (χ2n) is 6.11. The van der Waals surface area contributed by atoms with Gasteiger partial charge in [-0.2, -0.15) is 0 Å². The van der Waals surface area contributed by atoms with E-state index in [-0.39, 0.29) is 17.6 Å². The molecule has 1 heterocycles. The first-order chi connectivity index (χ1) is 12.4. The summed E-state index contributed by atoms with van der Waals surface area (Å²) in [5, 5.41) is 3.09. The number of nitrogens with one attached hydrogen (secondary N) is 1. The maximum atomic E-state index is 14.1. The maximum Gasteiger partial charge on any atom is 0.264 e. The Hall–Kier alpha value is -2.73. The lowest BCUT2D eigenvalue weighted by Gasteiger charge is -2.17. The van der Waals surface area contributed by atoms with Gasteiger partial charge >= 0.3 is 0 Å². The van der Waals surface area contributed by atoms with Crippen LogP contribution in [0.3, 0.4) is 0 Å². The minimum atomic E-state index is -0.303. The molecule has 1 N–H and O–H groups in total.